The molecule has 4 nitrogen and oxygen atoms in total. The van der Waals surface area contributed by atoms with E-state index in [1.54, 1.807) is 24.3 Å². The predicted octanol–water partition coefficient (Wildman–Crippen LogP) is 4.43. The normalized spacial score (nSPS) is 10.7. The lowest BCUT2D eigenvalue weighted by Crippen LogP contribution is -1.91. The van der Waals surface area contributed by atoms with E-state index in [9.17, 15) is 5.11 Å². The first kappa shape index (κ1) is 13.0. The molecule has 0 unspecified atom stereocenters. The van der Waals surface area contributed by atoms with Crippen molar-refractivity contribution < 1.29 is 9.84 Å². The third kappa shape index (κ3) is 2.35. The third-order valence-corrected chi connectivity index (χ3v) is 3.28. The molecule has 1 N–H and O–H groups in total. The SMILES string of the molecule is Oc1cnc(Cl)c2nc(Oc3ccccc3Cl)ccc12. The maximum atomic E-state index is 9.70. The molecule has 100 valence electrons. The van der Waals surface area contributed by atoms with Crippen molar-refractivity contribution in [1.29, 1.82) is 0 Å². The van der Waals surface area contributed by atoms with Gasteiger partial charge in [-0.25, -0.2) is 9.97 Å². The van der Waals surface area contributed by atoms with Gasteiger partial charge in [0.1, 0.15) is 17.0 Å². The Morgan fingerprint density at radius 3 is 2.65 bits per heavy atom. The van der Waals surface area contributed by atoms with E-state index in [0.29, 0.717) is 27.6 Å². The van der Waals surface area contributed by atoms with Crippen LogP contribution in [0.25, 0.3) is 10.9 Å². The first-order chi connectivity index (χ1) is 9.65. The molecule has 6 heteroatoms. The minimum Gasteiger partial charge on any atom is -0.506 e. The number of ether oxygens (including phenoxy) is 1. The van der Waals surface area contributed by atoms with Crippen LogP contribution in [-0.4, -0.2) is 15.1 Å². The highest BCUT2D eigenvalue weighted by Crippen LogP contribution is 2.32. The van der Waals surface area contributed by atoms with E-state index in [2.05, 4.69) is 9.97 Å². The summed E-state index contributed by atoms with van der Waals surface area (Å²) in [6.07, 6.45) is 1.28. The van der Waals surface area contributed by atoms with Gasteiger partial charge in [0.05, 0.1) is 11.2 Å². The van der Waals surface area contributed by atoms with Crippen molar-refractivity contribution in [3.8, 4) is 17.4 Å². The van der Waals surface area contributed by atoms with Crippen LogP contribution in [0.4, 0.5) is 0 Å². The van der Waals surface area contributed by atoms with Crippen molar-refractivity contribution in [1.82, 2.24) is 9.97 Å². The molecule has 0 aliphatic heterocycles. The van der Waals surface area contributed by atoms with E-state index >= 15 is 0 Å². The standard InChI is InChI=1S/C14H8Cl2N2O2/c15-9-3-1-2-4-11(9)20-12-6-5-8-10(19)7-17-14(16)13(8)18-12/h1-7,19H. The van der Waals surface area contributed by atoms with Crippen molar-refractivity contribution in [2.24, 2.45) is 0 Å². The van der Waals surface area contributed by atoms with Gasteiger partial charge >= 0.3 is 0 Å². The molecule has 0 aliphatic carbocycles. The number of hydrogen-bond donors (Lipinski definition) is 1. The summed E-state index contributed by atoms with van der Waals surface area (Å²) >= 11 is 12.0. The maximum absolute atomic E-state index is 9.70. The molecule has 1 aromatic carbocycles. The van der Waals surface area contributed by atoms with Gasteiger partial charge in [-0.2, -0.15) is 0 Å². The molecule has 0 atom stereocenters. The number of fused-ring (bicyclic) bond motifs is 1. The first-order valence-electron chi connectivity index (χ1n) is 5.72. The molecule has 0 radical (unpaired) electrons. The summed E-state index contributed by atoms with van der Waals surface area (Å²) in [5, 5.41) is 10.9. The fraction of sp³-hybridized carbons (Fsp3) is 0. The third-order valence-electron chi connectivity index (χ3n) is 2.69. The highest BCUT2D eigenvalue weighted by atomic mass is 35.5. The monoisotopic (exact) mass is 306 g/mol. The number of aromatic nitrogens is 2. The summed E-state index contributed by atoms with van der Waals surface area (Å²) in [6.45, 7) is 0. The predicted molar refractivity (Wildman–Crippen MR) is 77.7 cm³/mol. The van der Waals surface area contributed by atoms with Crippen LogP contribution in [0.2, 0.25) is 10.2 Å². The van der Waals surface area contributed by atoms with E-state index in [1.807, 2.05) is 12.1 Å². The summed E-state index contributed by atoms with van der Waals surface area (Å²) in [6, 6.07) is 10.4. The largest absolute Gasteiger partial charge is 0.506 e. The van der Waals surface area contributed by atoms with Gasteiger partial charge in [-0.15, -0.1) is 0 Å². The van der Waals surface area contributed by atoms with Crippen LogP contribution in [0.5, 0.6) is 17.4 Å². The van der Waals surface area contributed by atoms with Crippen LogP contribution >= 0.6 is 23.2 Å². The zero-order valence-corrected chi connectivity index (χ0v) is 11.6. The van der Waals surface area contributed by atoms with E-state index < -0.39 is 0 Å². The lowest BCUT2D eigenvalue weighted by atomic mass is 10.2. The number of para-hydroxylation sites is 1. The molecule has 2 heterocycles. The van der Waals surface area contributed by atoms with Gasteiger partial charge in [0.2, 0.25) is 5.88 Å². The lowest BCUT2D eigenvalue weighted by Gasteiger charge is -2.08. The molecule has 3 aromatic rings. The molecule has 0 fully saturated rings. The van der Waals surface area contributed by atoms with Gasteiger partial charge in [-0.05, 0) is 18.2 Å². The van der Waals surface area contributed by atoms with E-state index in [-0.39, 0.29) is 10.9 Å². The van der Waals surface area contributed by atoms with Crippen molar-refractivity contribution >= 4 is 34.1 Å². The Labute approximate surface area is 124 Å². The summed E-state index contributed by atoms with van der Waals surface area (Å²) in [4.78, 5) is 8.08. The molecule has 20 heavy (non-hydrogen) atoms. The fourth-order valence-corrected chi connectivity index (χ4v) is 2.12. The number of hydrogen-bond acceptors (Lipinski definition) is 4. The summed E-state index contributed by atoms with van der Waals surface area (Å²) in [5.41, 5.74) is 0.372. The number of rotatable bonds is 2. The first-order valence-corrected chi connectivity index (χ1v) is 6.47. The van der Waals surface area contributed by atoms with Crippen LogP contribution in [0.1, 0.15) is 0 Å². The number of pyridine rings is 2. The van der Waals surface area contributed by atoms with E-state index in [0.717, 1.165) is 0 Å². The average molecular weight is 307 g/mol. The van der Waals surface area contributed by atoms with E-state index in [1.165, 1.54) is 6.20 Å². The molecular formula is C14H8Cl2N2O2. The van der Waals surface area contributed by atoms with Crippen LogP contribution in [-0.2, 0) is 0 Å². The second-order valence-corrected chi connectivity index (χ2v) is 4.78. The van der Waals surface area contributed by atoms with E-state index in [4.69, 9.17) is 27.9 Å². The summed E-state index contributed by atoms with van der Waals surface area (Å²) in [5.74, 6) is 0.825. The highest BCUT2D eigenvalue weighted by Gasteiger charge is 2.09. The topological polar surface area (TPSA) is 55.2 Å². The number of halogens is 2. The van der Waals surface area contributed by atoms with Crippen molar-refractivity contribution in [3.63, 3.8) is 0 Å². The van der Waals surface area contributed by atoms with Crippen LogP contribution in [0, 0.1) is 0 Å². The zero-order chi connectivity index (χ0) is 14.1. The Kier molecular flexibility index (Phi) is 3.34. The molecule has 0 saturated carbocycles. The Balaban J connectivity index is 2.06. The molecule has 0 bridgehead atoms. The lowest BCUT2D eigenvalue weighted by molar-refractivity contribution is 0.464. The minimum absolute atomic E-state index is 0.0150. The van der Waals surface area contributed by atoms with Crippen molar-refractivity contribution in [2.45, 2.75) is 0 Å². The summed E-state index contributed by atoms with van der Waals surface area (Å²) in [7, 11) is 0. The molecule has 2 aromatic heterocycles. The van der Waals surface area contributed by atoms with Gasteiger partial charge < -0.3 is 9.84 Å². The van der Waals surface area contributed by atoms with Gasteiger partial charge in [-0.1, -0.05) is 35.3 Å². The molecule has 0 aliphatic rings. The van der Waals surface area contributed by atoms with Gasteiger partial charge in [-0.3, -0.25) is 0 Å². The average Bonchev–Trinajstić information content (AvgIpc) is 2.46. The molecule has 0 saturated heterocycles. The second-order valence-electron chi connectivity index (χ2n) is 4.01. The van der Waals surface area contributed by atoms with Crippen LogP contribution < -0.4 is 4.74 Å². The second kappa shape index (κ2) is 5.15. The number of benzene rings is 1. The van der Waals surface area contributed by atoms with Crippen molar-refractivity contribution in [3.05, 3.63) is 52.8 Å². The highest BCUT2D eigenvalue weighted by molar-refractivity contribution is 6.34. The smallest absolute Gasteiger partial charge is 0.219 e. The Morgan fingerprint density at radius 2 is 1.85 bits per heavy atom. The molecular weight excluding hydrogens is 299 g/mol. The molecule has 0 amide bonds. The molecule has 0 spiro atoms. The van der Waals surface area contributed by atoms with Gasteiger partial charge in [0.15, 0.2) is 5.15 Å². The van der Waals surface area contributed by atoms with Crippen molar-refractivity contribution in [2.75, 3.05) is 0 Å². The number of aromatic hydroxyl groups is 1. The quantitative estimate of drug-likeness (QED) is 0.711. The Hall–Kier alpha value is -2.04. The van der Waals surface area contributed by atoms with Crippen LogP contribution in [0.15, 0.2) is 42.6 Å². The van der Waals surface area contributed by atoms with Crippen LogP contribution in [0.3, 0.4) is 0 Å². The van der Waals surface area contributed by atoms with Gasteiger partial charge in [0.25, 0.3) is 0 Å². The fourth-order valence-electron chi connectivity index (χ4n) is 1.75. The number of nitrogens with zero attached hydrogens (tertiary/aromatic N) is 2. The Bertz CT molecular complexity index is 793. The summed E-state index contributed by atoms with van der Waals surface area (Å²) < 4.78 is 5.60. The molecule has 3 rings (SSSR count). The maximum Gasteiger partial charge on any atom is 0.219 e. The zero-order valence-electron chi connectivity index (χ0n) is 10.0. The van der Waals surface area contributed by atoms with Gasteiger partial charge in [0, 0.05) is 11.5 Å². The minimum atomic E-state index is 0.0150. The Morgan fingerprint density at radius 1 is 1.05 bits per heavy atom.